The number of amides is 2. The molecule has 0 radical (unpaired) electrons. The molecule has 3 aliphatic rings. The molecule has 0 spiro atoms. The van der Waals surface area contributed by atoms with Gasteiger partial charge in [-0.25, -0.2) is 4.79 Å². The van der Waals surface area contributed by atoms with E-state index in [2.05, 4.69) is 5.32 Å². The van der Waals surface area contributed by atoms with Gasteiger partial charge >= 0.3 is 6.03 Å². The highest BCUT2D eigenvalue weighted by molar-refractivity contribution is 5.90. The van der Waals surface area contributed by atoms with E-state index in [0.29, 0.717) is 25.0 Å². The molecule has 5 heteroatoms. The Kier molecular flexibility index (Phi) is 4.99. The number of likely N-dealkylation sites (tertiary alicyclic amines) is 1. The molecule has 4 rings (SSSR count). The molecule has 2 aliphatic heterocycles. The quantitative estimate of drug-likeness (QED) is 0.883. The van der Waals surface area contributed by atoms with Crippen molar-refractivity contribution in [3.63, 3.8) is 0 Å². The second-order valence-electron chi connectivity index (χ2n) is 7.52. The molecule has 1 aromatic rings. The number of rotatable bonds is 3. The molecular weight excluding hydrogens is 316 g/mol. The van der Waals surface area contributed by atoms with Crippen molar-refractivity contribution in [3.8, 4) is 11.5 Å². The minimum atomic E-state index is 0.0231. The lowest BCUT2D eigenvalue weighted by molar-refractivity contribution is 0.171. The van der Waals surface area contributed by atoms with Gasteiger partial charge < -0.3 is 19.7 Å². The van der Waals surface area contributed by atoms with Gasteiger partial charge in [-0.15, -0.1) is 0 Å². The van der Waals surface area contributed by atoms with Crippen LogP contribution < -0.4 is 14.8 Å². The summed E-state index contributed by atoms with van der Waals surface area (Å²) in [5.74, 6) is 2.27. The SMILES string of the molecule is O=C(Nc1ccc2c(c1)OCCO2)N1CCC[C@@H]1CC1CCCCC1. The lowest BCUT2D eigenvalue weighted by Gasteiger charge is -2.30. The smallest absolute Gasteiger partial charge is 0.322 e. The highest BCUT2D eigenvalue weighted by Gasteiger charge is 2.31. The topological polar surface area (TPSA) is 50.8 Å². The van der Waals surface area contributed by atoms with E-state index in [1.807, 2.05) is 23.1 Å². The first-order valence-corrected chi connectivity index (χ1v) is 9.77. The Morgan fingerprint density at radius 2 is 1.84 bits per heavy atom. The van der Waals surface area contributed by atoms with Crippen LogP contribution >= 0.6 is 0 Å². The van der Waals surface area contributed by atoms with Crippen LogP contribution in [-0.4, -0.2) is 36.7 Å². The second-order valence-corrected chi connectivity index (χ2v) is 7.52. The Bertz CT molecular complexity index is 613. The molecule has 0 aromatic heterocycles. The molecule has 25 heavy (non-hydrogen) atoms. The van der Waals surface area contributed by atoms with Gasteiger partial charge in [-0.3, -0.25) is 0 Å². The molecule has 0 unspecified atom stereocenters. The van der Waals surface area contributed by atoms with Gasteiger partial charge in [0.15, 0.2) is 11.5 Å². The van der Waals surface area contributed by atoms with Gasteiger partial charge in [0.1, 0.15) is 13.2 Å². The first kappa shape index (κ1) is 16.6. The third-order valence-electron chi connectivity index (χ3n) is 5.76. The predicted octanol–water partition coefficient (Wildman–Crippen LogP) is 4.42. The summed E-state index contributed by atoms with van der Waals surface area (Å²) in [6.07, 6.45) is 10.2. The Labute approximate surface area is 149 Å². The molecule has 1 saturated carbocycles. The number of ether oxygens (including phenoxy) is 2. The monoisotopic (exact) mass is 344 g/mol. The fraction of sp³-hybridized carbons (Fsp3) is 0.650. The van der Waals surface area contributed by atoms with Crippen molar-refractivity contribution >= 4 is 11.7 Å². The average Bonchev–Trinajstić information content (AvgIpc) is 3.11. The van der Waals surface area contributed by atoms with Crippen molar-refractivity contribution in [1.29, 1.82) is 0 Å². The Morgan fingerprint density at radius 3 is 2.68 bits per heavy atom. The van der Waals surface area contributed by atoms with Gasteiger partial charge in [0.25, 0.3) is 0 Å². The van der Waals surface area contributed by atoms with E-state index in [1.54, 1.807) is 0 Å². The average molecular weight is 344 g/mol. The van der Waals surface area contributed by atoms with E-state index in [0.717, 1.165) is 36.7 Å². The second kappa shape index (κ2) is 7.54. The third kappa shape index (κ3) is 3.86. The number of hydrogen-bond acceptors (Lipinski definition) is 3. The molecule has 136 valence electrons. The van der Waals surface area contributed by atoms with Crippen molar-refractivity contribution in [2.75, 3.05) is 25.1 Å². The van der Waals surface area contributed by atoms with Crippen LogP contribution in [0, 0.1) is 5.92 Å². The number of nitrogens with zero attached hydrogens (tertiary/aromatic N) is 1. The number of benzene rings is 1. The number of carbonyl (C=O) groups is 1. The molecule has 1 atom stereocenters. The standard InChI is InChI=1S/C20H28N2O3/c23-20(21-16-8-9-18-19(14-16)25-12-11-24-18)22-10-4-7-17(22)13-15-5-2-1-3-6-15/h8-9,14-15,17H,1-7,10-13H2,(H,21,23)/t17-/m1/s1. The highest BCUT2D eigenvalue weighted by atomic mass is 16.6. The number of nitrogens with one attached hydrogen (secondary N) is 1. The molecule has 1 saturated heterocycles. The lowest BCUT2D eigenvalue weighted by atomic mass is 9.84. The lowest BCUT2D eigenvalue weighted by Crippen LogP contribution is -2.39. The molecule has 1 aliphatic carbocycles. The van der Waals surface area contributed by atoms with Crippen molar-refractivity contribution in [1.82, 2.24) is 4.90 Å². The number of urea groups is 1. The summed E-state index contributed by atoms with van der Waals surface area (Å²) in [5.41, 5.74) is 0.776. The largest absolute Gasteiger partial charge is 0.486 e. The molecule has 5 nitrogen and oxygen atoms in total. The predicted molar refractivity (Wildman–Crippen MR) is 97.4 cm³/mol. The van der Waals surface area contributed by atoms with Crippen LogP contribution in [0.15, 0.2) is 18.2 Å². The Balaban J connectivity index is 1.37. The number of fused-ring (bicyclic) bond motifs is 1. The molecule has 1 aromatic carbocycles. The highest BCUT2D eigenvalue weighted by Crippen LogP contribution is 2.34. The van der Waals surface area contributed by atoms with E-state index in [1.165, 1.54) is 38.5 Å². The zero-order valence-corrected chi connectivity index (χ0v) is 14.8. The normalized spacial score (nSPS) is 23.5. The summed E-state index contributed by atoms with van der Waals surface area (Å²) in [4.78, 5) is 14.8. The van der Waals surface area contributed by atoms with E-state index < -0.39 is 0 Å². The fourth-order valence-electron chi connectivity index (χ4n) is 4.47. The van der Waals surface area contributed by atoms with Gasteiger partial charge in [-0.1, -0.05) is 32.1 Å². The third-order valence-corrected chi connectivity index (χ3v) is 5.76. The zero-order chi connectivity index (χ0) is 17.1. The summed E-state index contributed by atoms with van der Waals surface area (Å²) >= 11 is 0. The molecule has 1 N–H and O–H groups in total. The first-order valence-electron chi connectivity index (χ1n) is 9.77. The zero-order valence-electron chi connectivity index (χ0n) is 14.8. The van der Waals surface area contributed by atoms with E-state index in [9.17, 15) is 4.79 Å². The molecule has 2 amide bonds. The van der Waals surface area contributed by atoms with E-state index >= 15 is 0 Å². The van der Waals surface area contributed by atoms with Crippen molar-refractivity contribution in [3.05, 3.63) is 18.2 Å². The van der Waals surface area contributed by atoms with Gasteiger partial charge in [0, 0.05) is 24.3 Å². The van der Waals surface area contributed by atoms with Gasteiger partial charge in [0.05, 0.1) is 0 Å². The molecule has 2 fully saturated rings. The molecule has 2 heterocycles. The molecular formula is C20H28N2O3. The number of anilines is 1. The first-order chi connectivity index (χ1) is 12.3. The summed E-state index contributed by atoms with van der Waals surface area (Å²) in [6, 6.07) is 6.04. The molecule has 0 bridgehead atoms. The maximum atomic E-state index is 12.8. The van der Waals surface area contributed by atoms with Crippen molar-refractivity contribution in [2.24, 2.45) is 5.92 Å². The van der Waals surface area contributed by atoms with Crippen LogP contribution in [0.3, 0.4) is 0 Å². The minimum Gasteiger partial charge on any atom is -0.486 e. The summed E-state index contributed by atoms with van der Waals surface area (Å²) in [5, 5.41) is 3.05. The van der Waals surface area contributed by atoms with Crippen LogP contribution in [0.25, 0.3) is 0 Å². The number of carbonyl (C=O) groups excluding carboxylic acids is 1. The summed E-state index contributed by atoms with van der Waals surface area (Å²) in [6.45, 7) is 2.00. The summed E-state index contributed by atoms with van der Waals surface area (Å²) < 4.78 is 11.1. The summed E-state index contributed by atoms with van der Waals surface area (Å²) in [7, 11) is 0. The van der Waals surface area contributed by atoms with Crippen LogP contribution in [0.2, 0.25) is 0 Å². The van der Waals surface area contributed by atoms with Crippen molar-refractivity contribution < 1.29 is 14.3 Å². The van der Waals surface area contributed by atoms with Crippen LogP contribution in [0.5, 0.6) is 11.5 Å². The fourth-order valence-corrected chi connectivity index (χ4v) is 4.47. The Morgan fingerprint density at radius 1 is 1.04 bits per heavy atom. The maximum Gasteiger partial charge on any atom is 0.322 e. The Hall–Kier alpha value is -1.91. The maximum absolute atomic E-state index is 12.8. The van der Waals surface area contributed by atoms with Crippen LogP contribution in [0.1, 0.15) is 51.4 Å². The van der Waals surface area contributed by atoms with Gasteiger partial charge in [-0.2, -0.15) is 0 Å². The van der Waals surface area contributed by atoms with E-state index in [4.69, 9.17) is 9.47 Å². The van der Waals surface area contributed by atoms with Crippen LogP contribution in [-0.2, 0) is 0 Å². The minimum absolute atomic E-state index is 0.0231. The van der Waals surface area contributed by atoms with Crippen molar-refractivity contribution in [2.45, 2.75) is 57.4 Å². The van der Waals surface area contributed by atoms with Gasteiger partial charge in [0.2, 0.25) is 0 Å². The van der Waals surface area contributed by atoms with Crippen LogP contribution in [0.4, 0.5) is 10.5 Å². The van der Waals surface area contributed by atoms with E-state index in [-0.39, 0.29) is 6.03 Å². The van der Waals surface area contributed by atoms with Gasteiger partial charge in [-0.05, 0) is 37.3 Å². The number of hydrogen-bond donors (Lipinski definition) is 1.